The van der Waals surface area contributed by atoms with Crippen LogP contribution in [0, 0.1) is 0 Å². The van der Waals surface area contributed by atoms with Crippen molar-refractivity contribution < 1.29 is 29.6 Å². The fraction of sp³-hybridized carbons (Fsp3) is 0.211. The number of nitrogens with one attached hydrogen (secondary N) is 1. The van der Waals surface area contributed by atoms with Crippen molar-refractivity contribution in [2.24, 2.45) is 0 Å². The number of phenolic OH excluding ortho intramolecular Hbond substituents is 3. The van der Waals surface area contributed by atoms with Crippen LogP contribution in [0.1, 0.15) is 11.1 Å². The molecule has 7 heteroatoms. The molecule has 7 nitrogen and oxygen atoms in total. The number of ether oxygens (including phenoxy) is 2. The van der Waals surface area contributed by atoms with E-state index in [4.69, 9.17) is 9.47 Å². The van der Waals surface area contributed by atoms with E-state index in [0.29, 0.717) is 18.5 Å². The maximum Gasteiger partial charge on any atom is 0.244 e. The molecule has 2 rings (SSSR count). The number of carbonyl (C=O) groups is 1. The second-order valence-corrected chi connectivity index (χ2v) is 5.47. The number of rotatable bonds is 7. The van der Waals surface area contributed by atoms with Gasteiger partial charge >= 0.3 is 0 Å². The Labute approximate surface area is 151 Å². The summed E-state index contributed by atoms with van der Waals surface area (Å²) >= 11 is 0. The second-order valence-electron chi connectivity index (χ2n) is 5.47. The Morgan fingerprint density at radius 2 is 1.69 bits per heavy atom. The van der Waals surface area contributed by atoms with Crippen LogP contribution in [0.3, 0.4) is 0 Å². The summed E-state index contributed by atoms with van der Waals surface area (Å²) in [5.41, 5.74) is 1.42. The molecule has 138 valence electrons. The van der Waals surface area contributed by atoms with Crippen molar-refractivity contribution >= 4 is 12.0 Å². The molecule has 2 aromatic rings. The molecule has 1 amide bonds. The minimum absolute atomic E-state index is 0.103. The van der Waals surface area contributed by atoms with Gasteiger partial charge in [0, 0.05) is 12.6 Å². The molecule has 0 bridgehead atoms. The van der Waals surface area contributed by atoms with Gasteiger partial charge in [0.05, 0.1) is 14.2 Å². The first kappa shape index (κ1) is 19.0. The van der Waals surface area contributed by atoms with Crippen LogP contribution in [0.15, 0.2) is 36.4 Å². The van der Waals surface area contributed by atoms with Crippen LogP contribution in [0.25, 0.3) is 6.08 Å². The smallest absolute Gasteiger partial charge is 0.244 e. The molecule has 4 N–H and O–H groups in total. The highest BCUT2D eigenvalue weighted by Crippen LogP contribution is 2.37. The zero-order valence-electron chi connectivity index (χ0n) is 14.5. The lowest BCUT2D eigenvalue weighted by Crippen LogP contribution is -2.23. The first-order valence-electron chi connectivity index (χ1n) is 7.86. The first-order valence-corrected chi connectivity index (χ1v) is 7.86. The third kappa shape index (κ3) is 4.83. The molecule has 0 fully saturated rings. The van der Waals surface area contributed by atoms with Crippen LogP contribution in [-0.2, 0) is 11.2 Å². The minimum Gasteiger partial charge on any atom is -0.504 e. The predicted octanol–water partition coefficient (Wildman–Crippen LogP) is 2.19. The average molecular weight is 359 g/mol. The molecule has 0 radical (unpaired) electrons. The lowest BCUT2D eigenvalue weighted by molar-refractivity contribution is -0.116. The van der Waals surface area contributed by atoms with Crippen LogP contribution in [-0.4, -0.2) is 42.0 Å². The van der Waals surface area contributed by atoms with Crippen LogP contribution in [0.4, 0.5) is 0 Å². The number of amides is 1. The van der Waals surface area contributed by atoms with E-state index in [1.165, 1.54) is 32.4 Å². The summed E-state index contributed by atoms with van der Waals surface area (Å²) in [7, 11) is 2.85. The Hall–Kier alpha value is -3.35. The molecule has 0 aliphatic rings. The first-order chi connectivity index (χ1) is 12.4. The van der Waals surface area contributed by atoms with Gasteiger partial charge in [0.25, 0.3) is 0 Å². The molecule has 26 heavy (non-hydrogen) atoms. The fourth-order valence-electron chi connectivity index (χ4n) is 2.30. The molecule has 0 aliphatic heterocycles. The molecule has 2 aromatic carbocycles. The van der Waals surface area contributed by atoms with Gasteiger partial charge in [-0.3, -0.25) is 4.79 Å². The number of hydrogen-bond donors (Lipinski definition) is 4. The standard InChI is InChI=1S/C19H21NO6/c1-25-16-10-13(11-17(26-2)19(16)24)4-6-18(23)20-8-7-12-3-5-14(21)15(22)9-12/h3-6,9-11,21-22,24H,7-8H2,1-2H3,(H,20,23). The maximum atomic E-state index is 11.9. The van der Waals surface area contributed by atoms with E-state index in [0.717, 1.165) is 5.56 Å². The van der Waals surface area contributed by atoms with Crippen molar-refractivity contribution in [3.8, 4) is 28.7 Å². The van der Waals surface area contributed by atoms with Crippen molar-refractivity contribution in [2.45, 2.75) is 6.42 Å². The zero-order valence-corrected chi connectivity index (χ0v) is 14.5. The summed E-state index contributed by atoms with van der Waals surface area (Å²) in [6, 6.07) is 7.69. The van der Waals surface area contributed by atoms with Gasteiger partial charge in [-0.2, -0.15) is 0 Å². The molecule has 0 saturated heterocycles. The van der Waals surface area contributed by atoms with E-state index < -0.39 is 0 Å². The molecule has 0 spiro atoms. The average Bonchev–Trinajstić information content (AvgIpc) is 2.63. The molecule has 0 aliphatic carbocycles. The quantitative estimate of drug-likeness (QED) is 0.446. The lowest BCUT2D eigenvalue weighted by atomic mass is 10.1. The molecule has 0 aromatic heterocycles. The molecule has 0 atom stereocenters. The van der Waals surface area contributed by atoms with E-state index in [9.17, 15) is 20.1 Å². The van der Waals surface area contributed by atoms with Gasteiger partial charge in [-0.05, 0) is 47.9 Å². The van der Waals surface area contributed by atoms with Crippen molar-refractivity contribution in [1.82, 2.24) is 5.32 Å². The van der Waals surface area contributed by atoms with Gasteiger partial charge in [0.15, 0.2) is 23.0 Å². The van der Waals surface area contributed by atoms with E-state index in [2.05, 4.69) is 5.32 Å². The van der Waals surface area contributed by atoms with Crippen LogP contribution in [0.5, 0.6) is 28.7 Å². The highest BCUT2D eigenvalue weighted by Gasteiger charge is 2.10. The Kier molecular flexibility index (Phi) is 6.32. The van der Waals surface area contributed by atoms with E-state index in [1.54, 1.807) is 24.3 Å². The highest BCUT2D eigenvalue weighted by molar-refractivity contribution is 5.91. The molecular formula is C19H21NO6. The van der Waals surface area contributed by atoms with Gasteiger partial charge in [0.1, 0.15) is 0 Å². The maximum absolute atomic E-state index is 11.9. The second kappa shape index (κ2) is 8.66. The summed E-state index contributed by atoms with van der Waals surface area (Å²) in [6.07, 6.45) is 3.44. The number of hydrogen-bond acceptors (Lipinski definition) is 6. The third-order valence-corrected chi connectivity index (χ3v) is 3.68. The number of benzene rings is 2. The number of aromatic hydroxyl groups is 3. The Bertz CT molecular complexity index is 791. The topological polar surface area (TPSA) is 108 Å². The number of carbonyl (C=O) groups excluding carboxylic acids is 1. The van der Waals surface area contributed by atoms with Crippen molar-refractivity contribution in [2.75, 3.05) is 20.8 Å². The summed E-state index contributed by atoms with van der Waals surface area (Å²) in [4.78, 5) is 11.9. The lowest BCUT2D eigenvalue weighted by Gasteiger charge is -2.09. The van der Waals surface area contributed by atoms with Gasteiger partial charge in [-0.25, -0.2) is 0 Å². The van der Waals surface area contributed by atoms with Crippen molar-refractivity contribution in [1.29, 1.82) is 0 Å². The Morgan fingerprint density at radius 1 is 1.04 bits per heavy atom. The summed E-state index contributed by atoms with van der Waals surface area (Å²) in [5.74, 6) is -0.273. The summed E-state index contributed by atoms with van der Waals surface area (Å²) in [5, 5.41) is 31.3. The zero-order chi connectivity index (χ0) is 19.1. The van der Waals surface area contributed by atoms with Crippen LogP contribution >= 0.6 is 0 Å². The monoisotopic (exact) mass is 359 g/mol. The van der Waals surface area contributed by atoms with E-state index >= 15 is 0 Å². The minimum atomic E-state index is -0.293. The van der Waals surface area contributed by atoms with Crippen LogP contribution < -0.4 is 14.8 Å². The van der Waals surface area contributed by atoms with Gasteiger partial charge < -0.3 is 30.1 Å². The number of methoxy groups -OCH3 is 2. The summed E-state index contributed by atoms with van der Waals surface area (Å²) in [6.45, 7) is 0.371. The number of phenols is 3. The summed E-state index contributed by atoms with van der Waals surface area (Å²) < 4.78 is 10.1. The van der Waals surface area contributed by atoms with Gasteiger partial charge in [-0.1, -0.05) is 6.07 Å². The normalized spacial score (nSPS) is 10.7. The highest BCUT2D eigenvalue weighted by atomic mass is 16.5. The van der Waals surface area contributed by atoms with E-state index in [1.807, 2.05) is 0 Å². The van der Waals surface area contributed by atoms with E-state index in [-0.39, 0.29) is 34.7 Å². The molecule has 0 unspecified atom stereocenters. The van der Waals surface area contributed by atoms with Crippen molar-refractivity contribution in [3.63, 3.8) is 0 Å². The predicted molar refractivity (Wildman–Crippen MR) is 96.7 cm³/mol. The van der Waals surface area contributed by atoms with Crippen molar-refractivity contribution in [3.05, 3.63) is 47.5 Å². The van der Waals surface area contributed by atoms with Crippen LogP contribution in [0.2, 0.25) is 0 Å². The van der Waals surface area contributed by atoms with Gasteiger partial charge in [-0.15, -0.1) is 0 Å². The largest absolute Gasteiger partial charge is 0.504 e. The van der Waals surface area contributed by atoms with Gasteiger partial charge in [0.2, 0.25) is 11.7 Å². The fourth-order valence-corrected chi connectivity index (χ4v) is 2.30. The molecular weight excluding hydrogens is 338 g/mol. The molecule has 0 heterocycles. The Balaban J connectivity index is 1.93. The molecule has 0 saturated carbocycles. The SMILES string of the molecule is COc1cc(C=CC(=O)NCCc2ccc(O)c(O)c2)cc(OC)c1O. The third-order valence-electron chi connectivity index (χ3n) is 3.68. The Morgan fingerprint density at radius 3 is 2.27 bits per heavy atom.